The van der Waals surface area contributed by atoms with E-state index < -0.39 is 0 Å². The van der Waals surface area contributed by atoms with Gasteiger partial charge >= 0.3 is 0 Å². The van der Waals surface area contributed by atoms with Crippen molar-refractivity contribution in [3.8, 4) is 0 Å². The molecule has 0 radical (unpaired) electrons. The number of aromatic nitrogens is 2. The number of rotatable bonds is 7. The highest BCUT2D eigenvalue weighted by molar-refractivity contribution is 5.46. The lowest BCUT2D eigenvalue weighted by molar-refractivity contribution is 0.128. The highest BCUT2D eigenvalue weighted by Crippen LogP contribution is 2.25. The molecule has 1 aromatic rings. The quantitative estimate of drug-likeness (QED) is 0.516. The molecule has 1 aliphatic carbocycles. The van der Waals surface area contributed by atoms with Crippen molar-refractivity contribution in [2.45, 2.75) is 39.2 Å². The summed E-state index contributed by atoms with van der Waals surface area (Å²) in [6.45, 7) is 3.97. The Kier molecular flexibility index (Phi) is 5.35. The summed E-state index contributed by atoms with van der Waals surface area (Å²) in [7, 11) is 0. The van der Waals surface area contributed by atoms with E-state index in [1.54, 1.807) is 0 Å². The smallest absolute Gasteiger partial charge is 0.158 e. The van der Waals surface area contributed by atoms with Crippen LogP contribution in [0.25, 0.3) is 0 Å². The van der Waals surface area contributed by atoms with Crippen LogP contribution in [0, 0.1) is 5.92 Å². The Bertz CT molecular complexity index is 393. The third kappa shape index (κ3) is 4.33. The monoisotopic (exact) mass is 265 g/mol. The number of hydrogen-bond acceptors (Lipinski definition) is 6. The van der Waals surface area contributed by atoms with Gasteiger partial charge in [0, 0.05) is 19.2 Å². The molecular formula is C13H23N5O. The van der Waals surface area contributed by atoms with Gasteiger partial charge < -0.3 is 15.5 Å². The molecular weight excluding hydrogens is 242 g/mol. The van der Waals surface area contributed by atoms with Gasteiger partial charge in [-0.3, -0.25) is 0 Å². The summed E-state index contributed by atoms with van der Waals surface area (Å²) in [4.78, 5) is 8.69. The number of nitrogen functional groups attached to an aromatic ring is 1. The second-order valence-corrected chi connectivity index (χ2v) is 4.87. The molecule has 0 aliphatic heterocycles. The molecule has 6 nitrogen and oxygen atoms in total. The summed E-state index contributed by atoms with van der Waals surface area (Å²) in [6, 6.07) is 1.82. The van der Waals surface area contributed by atoms with Crippen molar-refractivity contribution >= 4 is 11.6 Å². The Morgan fingerprint density at radius 1 is 1.32 bits per heavy atom. The van der Waals surface area contributed by atoms with E-state index in [2.05, 4.69) is 20.7 Å². The minimum absolute atomic E-state index is 0.407. The van der Waals surface area contributed by atoms with Crippen LogP contribution < -0.4 is 16.6 Å². The summed E-state index contributed by atoms with van der Waals surface area (Å²) in [5.41, 5.74) is 2.57. The Balaban J connectivity index is 1.96. The van der Waals surface area contributed by atoms with E-state index in [1.807, 2.05) is 13.0 Å². The van der Waals surface area contributed by atoms with Crippen molar-refractivity contribution < 1.29 is 4.74 Å². The van der Waals surface area contributed by atoms with Crippen molar-refractivity contribution in [3.05, 3.63) is 11.9 Å². The van der Waals surface area contributed by atoms with Crippen LogP contribution in [-0.4, -0.2) is 23.1 Å². The Labute approximate surface area is 114 Å². The normalized spacial score (nSPS) is 15.7. The molecule has 0 aromatic carbocycles. The third-order valence-electron chi connectivity index (χ3n) is 3.40. The molecule has 1 aliphatic rings. The van der Waals surface area contributed by atoms with Crippen LogP contribution in [0.1, 0.15) is 38.4 Å². The average molecular weight is 265 g/mol. The van der Waals surface area contributed by atoms with Gasteiger partial charge in [0.25, 0.3) is 0 Å². The van der Waals surface area contributed by atoms with E-state index in [9.17, 15) is 0 Å². The first-order valence-electron chi connectivity index (χ1n) is 6.98. The van der Waals surface area contributed by atoms with E-state index in [0.717, 1.165) is 18.3 Å². The second-order valence-electron chi connectivity index (χ2n) is 4.87. The Morgan fingerprint density at radius 2 is 2.05 bits per heavy atom. The summed E-state index contributed by atoms with van der Waals surface area (Å²) in [6.07, 6.45) is 5.32. The molecule has 1 saturated carbocycles. The topological polar surface area (TPSA) is 85.1 Å². The fourth-order valence-electron chi connectivity index (χ4n) is 2.38. The summed E-state index contributed by atoms with van der Waals surface area (Å²) in [5, 5.41) is 3.38. The minimum atomic E-state index is 0.407. The number of ether oxygens (including phenoxy) is 1. The van der Waals surface area contributed by atoms with Crippen molar-refractivity contribution in [1.82, 2.24) is 9.97 Å². The van der Waals surface area contributed by atoms with Gasteiger partial charge in [-0.1, -0.05) is 12.8 Å². The lowest BCUT2D eigenvalue weighted by Crippen LogP contribution is -2.15. The van der Waals surface area contributed by atoms with Crippen molar-refractivity contribution in [2.75, 3.05) is 23.9 Å². The van der Waals surface area contributed by atoms with E-state index >= 15 is 0 Å². The molecule has 19 heavy (non-hydrogen) atoms. The molecule has 0 spiro atoms. The second kappa shape index (κ2) is 7.25. The lowest BCUT2D eigenvalue weighted by atomic mass is 10.1. The predicted octanol–water partition coefficient (Wildman–Crippen LogP) is 1.90. The van der Waals surface area contributed by atoms with Gasteiger partial charge in [0.2, 0.25) is 0 Å². The van der Waals surface area contributed by atoms with Crippen LogP contribution in [0.5, 0.6) is 0 Å². The zero-order valence-corrected chi connectivity index (χ0v) is 11.5. The number of nitrogens with one attached hydrogen (secondary N) is 2. The molecule has 106 valence electrons. The van der Waals surface area contributed by atoms with Gasteiger partial charge in [0.1, 0.15) is 18.2 Å². The van der Waals surface area contributed by atoms with Crippen molar-refractivity contribution in [1.29, 1.82) is 0 Å². The highest BCUT2D eigenvalue weighted by atomic mass is 16.5. The van der Waals surface area contributed by atoms with Gasteiger partial charge in [0.05, 0.1) is 0 Å². The molecule has 0 amide bonds. The molecule has 1 fully saturated rings. The average Bonchev–Trinajstić information content (AvgIpc) is 2.96. The minimum Gasteiger partial charge on any atom is -0.374 e. The maximum Gasteiger partial charge on any atom is 0.158 e. The highest BCUT2D eigenvalue weighted by Gasteiger charge is 2.15. The molecule has 0 bridgehead atoms. The number of anilines is 2. The third-order valence-corrected chi connectivity index (χ3v) is 3.40. The Hall–Kier alpha value is -1.40. The predicted molar refractivity (Wildman–Crippen MR) is 75.6 cm³/mol. The lowest BCUT2D eigenvalue weighted by Gasteiger charge is -2.13. The van der Waals surface area contributed by atoms with Gasteiger partial charge in [-0.15, -0.1) is 0 Å². The summed E-state index contributed by atoms with van der Waals surface area (Å²) >= 11 is 0. The number of nitrogens with zero attached hydrogens (tertiary/aromatic N) is 2. The zero-order chi connectivity index (χ0) is 13.5. The van der Waals surface area contributed by atoms with Gasteiger partial charge in [0.15, 0.2) is 5.82 Å². The summed E-state index contributed by atoms with van der Waals surface area (Å²) in [5.74, 6) is 8.25. The molecule has 2 rings (SSSR count). The fraction of sp³-hybridized carbons (Fsp3) is 0.692. The number of hydrogen-bond donors (Lipinski definition) is 3. The summed E-state index contributed by atoms with van der Waals surface area (Å²) < 4.78 is 5.33. The fourth-order valence-corrected chi connectivity index (χ4v) is 2.38. The van der Waals surface area contributed by atoms with Gasteiger partial charge in [-0.25, -0.2) is 15.8 Å². The van der Waals surface area contributed by atoms with Crippen LogP contribution in [0.2, 0.25) is 0 Å². The van der Waals surface area contributed by atoms with Crippen LogP contribution in [0.3, 0.4) is 0 Å². The molecule has 0 atom stereocenters. The van der Waals surface area contributed by atoms with Gasteiger partial charge in [-0.2, -0.15) is 0 Å². The molecule has 1 aromatic heterocycles. The first-order valence-corrected chi connectivity index (χ1v) is 6.98. The zero-order valence-electron chi connectivity index (χ0n) is 11.5. The van der Waals surface area contributed by atoms with Crippen LogP contribution in [0.15, 0.2) is 6.07 Å². The van der Waals surface area contributed by atoms with E-state index in [-0.39, 0.29) is 0 Å². The molecule has 0 unspecified atom stereocenters. The first-order chi connectivity index (χ1) is 9.31. The van der Waals surface area contributed by atoms with E-state index in [0.29, 0.717) is 24.9 Å². The van der Waals surface area contributed by atoms with Crippen molar-refractivity contribution in [3.63, 3.8) is 0 Å². The molecule has 1 heterocycles. The van der Waals surface area contributed by atoms with Crippen LogP contribution in [0.4, 0.5) is 11.6 Å². The Morgan fingerprint density at radius 3 is 2.74 bits per heavy atom. The van der Waals surface area contributed by atoms with Crippen LogP contribution in [-0.2, 0) is 11.3 Å². The molecule has 0 saturated heterocycles. The largest absolute Gasteiger partial charge is 0.374 e. The maximum atomic E-state index is 5.43. The SMILES string of the molecule is CCOCc1nc(NN)cc(NCC2CCCC2)n1. The molecule has 6 heteroatoms. The standard InChI is InChI=1S/C13H23N5O/c1-2-19-9-13-16-11(7-12(17-13)18-14)15-8-10-5-3-4-6-10/h7,10H,2-6,8-9,14H2,1H3,(H2,15,16,17,18). The van der Waals surface area contributed by atoms with E-state index in [1.165, 1.54) is 25.7 Å². The first kappa shape index (κ1) is 14.0. The molecule has 4 N–H and O–H groups in total. The van der Waals surface area contributed by atoms with Gasteiger partial charge in [-0.05, 0) is 25.7 Å². The number of nitrogens with two attached hydrogens (primary N) is 1. The maximum absolute atomic E-state index is 5.43. The van der Waals surface area contributed by atoms with E-state index in [4.69, 9.17) is 10.6 Å². The number of hydrazine groups is 1. The van der Waals surface area contributed by atoms with Crippen molar-refractivity contribution in [2.24, 2.45) is 11.8 Å². The van der Waals surface area contributed by atoms with Crippen LogP contribution >= 0.6 is 0 Å².